The molecular weight excluding hydrogens is 248 g/mol. The van der Waals surface area contributed by atoms with E-state index in [1.54, 1.807) is 19.2 Å². The average molecular weight is 255 g/mol. The van der Waals surface area contributed by atoms with E-state index in [1.165, 1.54) is 17.5 Å². The smallest absolute Gasteiger partial charge is 0.264 e. The third-order valence-corrected chi connectivity index (χ3v) is 2.94. The van der Waals surface area contributed by atoms with Crippen LogP contribution in [-0.4, -0.2) is 20.2 Å². The normalized spacial score (nSPS) is 10.1. The van der Waals surface area contributed by atoms with Crippen molar-refractivity contribution in [1.82, 2.24) is 15.0 Å². The maximum Gasteiger partial charge on any atom is 0.264 e. The number of carbonyl (C=O) groups is 1. The van der Waals surface area contributed by atoms with Crippen molar-refractivity contribution in [2.24, 2.45) is 0 Å². The Hall–Kier alpha value is -1.53. The Morgan fingerprint density at radius 2 is 2.31 bits per heavy atom. The number of halogens is 1. The van der Waals surface area contributed by atoms with Gasteiger partial charge in [-0.25, -0.2) is 15.0 Å². The molecule has 82 valence electrons. The van der Waals surface area contributed by atoms with Crippen LogP contribution in [0.4, 0.5) is 10.9 Å². The number of nitrogens with zero attached hydrogens (tertiary/aromatic N) is 3. The second-order valence-corrected chi connectivity index (χ2v) is 4.29. The van der Waals surface area contributed by atoms with Gasteiger partial charge < -0.3 is 5.32 Å². The second kappa shape index (κ2) is 4.54. The Bertz CT molecular complexity index is 528. The SMILES string of the molecule is Cc1nccc(Nc2ncc(C(=O)Cl)s2)n1. The van der Waals surface area contributed by atoms with Gasteiger partial charge in [-0.15, -0.1) is 0 Å². The number of hydrogen-bond acceptors (Lipinski definition) is 6. The third kappa shape index (κ3) is 2.53. The fraction of sp³-hybridized carbons (Fsp3) is 0.111. The van der Waals surface area contributed by atoms with Gasteiger partial charge in [-0.3, -0.25) is 4.79 Å². The molecule has 5 nitrogen and oxygen atoms in total. The van der Waals surface area contributed by atoms with Gasteiger partial charge in [0.2, 0.25) is 0 Å². The molecule has 0 bridgehead atoms. The maximum absolute atomic E-state index is 10.8. The monoisotopic (exact) mass is 254 g/mol. The van der Waals surface area contributed by atoms with E-state index in [1.807, 2.05) is 0 Å². The van der Waals surface area contributed by atoms with Crippen molar-refractivity contribution >= 4 is 39.1 Å². The van der Waals surface area contributed by atoms with Crippen LogP contribution < -0.4 is 5.32 Å². The highest BCUT2D eigenvalue weighted by atomic mass is 35.5. The Balaban J connectivity index is 2.17. The van der Waals surface area contributed by atoms with Gasteiger partial charge in [0, 0.05) is 6.20 Å². The van der Waals surface area contributed by atoms with Gasteiger partial charge in [0.1, 0.15) is 16.5 Å². The molecule has 0 unspecified atom stereocenters. The van der Waals surface area contributed by atoms with E-state index in [-0.39, 0.29) is 0 Å². The first-order valence-electron chi connectivity index (χ1n) is 4.37. The first-order valence-corrected chi connectivity index (χ1v) is 5.57. The van der Waals surface area contributed by atoms with Crippen LogP contribution in [0.15, 0.2) is 18.5 Å². The molecule has 0 aliphatic heterocycles. The summed E-state index contributed by atoms with van der Waals surface area (Å²) in [4.78, 5) is 23.4. The Morgan fingerprint density at radius 1 is 1.50 bits per heavy atom. The molecule has 0 aliphatic rings. The van der Waals surface area contributed by atoms with Crippen LogP contribution in [-0.2, 0) is 0 Å². The third-order valence-electron chi connectivity index (χ3n) is 1.71. The molecule has 0 saturated heterocycles. The first-order chi connectivity index (χ1) is 7.65. The lowest BCUT2D eigenvalue weighted by molar-refractivity contribution is 0.108. The standard InChI is InChI=1S/C9H7ClN4OS/c1-5-11-3-2-7(13-5)14-9-12-4-6(16-9)8(10)15/h2-4H,1H3,(H,11,12,13,14). The number of rotatable bonds is 3. The van der Waals surface area contributed by atoms with Crippen molar-refractivity contribution in [3.05, 3.63) is 29.2 Å². The minimum absolute atomic E-state index is 0.398. The van der Waals surface area contributed by atoms with E-state index in [4.69, 9.17) is 11.6 Å². The van der Waals surface area contributed by atoms with Crippen molar-refractivity contribution < 1.29 is 4.79 Å². The summed E-state index contributed by atoms with van der Waals surface area (Å²) in [5, 5.41) is 3.03. The molecular formula is C9H7ClN4OS. The van der Waals surface area contributed by atoms with Crippen LogP contribution in [0.3, 0.4) is 0 Å². The van der Waals surface area contributed by atoms with Crippen LogP contribution in [0.2, 0.25) is 0 Å². The molecule has 1 N–H and O–H groups in total. The Kier molecular flexibility index (Phi) is 3.12. The summed E-state index contributed by atoms with van der Waals surface area (Å²) >= 11 is 6.50. The van der Waals surface area contributed by atoms with Crippen molar-refractivity contribution in [3.63, 3.8) is 0 Å². The Morgan fingerprint density at radius 3 is 2.94 bits per heavy atom. The lowest BCUT2D eigenvalue weighted by Crippen LogP contribution is -1.95. The van der Waals surface area contributed by atoms with Gasteiger partial charge in [-0.05, 0) is 24.6 Å². The van der Waals surface area contributed by atoms with Gasteiger partial charge >= 0.3 is 0 Å². The zero-order valence-electron chi connectivity index (χ0n) is 8.27. The van der Waals surface area contributed by atoms with E-state index in [0.717, 1.165) is 0 Å². The highest BCUT2D eigenvalue weighted by molar-refractivity contribution is 7.19. The number of anilines is 2. The fourth-order valence-corrected chi connectivity index (χ4v) is 1.88. The summed E-state index contributed by atoms with van der Waals surface area (Å²) < 4.78 is 0. The molecule has 0 amide bonds. The van der Waals surface area contributed by atoms with Crippen molar-refractivity contribution in [1.29, 1.82) is 0 Å². The molecule has 0 saturated carbocycles. The van der Waals surface area contributed by atoms with Gasteiger partial charge in [0.05, 0.1) is 6.20 Å². The number of nitrogens with one attached hydrogen (secondary N) is 1. The van der Waals surface area contributed by atoms with E-state index >= 15 is 0 Å². The van der Waals surface area contributed by atoms with Crippen molar-refractivity contribution in [2.75, 3.05) is 5.32 Å². The van der Waals surface area contributed by atoms with E-state index in [2.05, 4.69) is 20.3 Å². The molecule has 0 spiro atoms. The largest absolute Gasteiger partial charge is 0.316 e. The van der Waals surface area contributed by atoms with Crippen LogP contribution >= 0.6 is 22.9 Å². The van der Waals surface area contributed by atoms with E-state index in [0.29, 0.717) is 21.7 Å². The molecule has 7 heteroatoms. The van der Waals surface area contributed by atoms with Gasteiger partial charge in [0.15, 0.2) is 5.13 Å². The van der Waals surface area contributed by atoms with Gasteiger partial charge in [-0.1, -0.05) is 11.3 Å². The number of aryl methyl sites for hydroxylation is 1. The summed E-state index contributed by atoms with van der Waals surface area (Å²) in [6.07, 6.45) is 3.07. The Labute approximate surface area is 101 Å². The molecule has 0 atom stereocenters. The van der Waals surface area contributed by atoms with Gasteiger partial charge in [-0.2, -0.15) is 0 Å². The van der Waals surface area contributed by atoms with Gasteiger partial charge in [0.25, 0.3) is 5.24 Å². The first kappa shape index (κ1) is 11.0. The molecule has 0 radical (unpaired) electrons. The number of carbonyl (C=O) groups excluding carboxylic acids is 1. The summed E-state index contributed by atoms with van der Waals surface area (Å²) in [5.74, 6) is 1.30. The van der Waals surface area contributed by atoms with E-state index < -0.39 is 5.24 Å². The number of thiazole rings is 1. The minimum Gasteiger partial charge on any atom is -0.316 e. The highest BCUT2D eigenvalue weighted by Crippen LogP contribution is 2.22. The topological polar surface area (TPSA) is 67.8 Å². The van der Waals surface area contributed by atoms with Crippen molar-refractivity contribution in [2.45, 2.75) is 6.92 Å². The average Bonchev–Trinajstić information content (AvgIpc) is 2.66. The van der Waals surface area contributed by atoms with E-state index in [9.17, 15) is 4.79 Å². The lowest BCUT2D eigenvalue weighted by Gasteiger charge is -2.00. The molecule has 0 aromatic carbocycles. The highest BCUT2D eigenvalue weighted by Gasteiger charge is 2.08. The predicted molar refractivity (Wildman–Crippen MR) is 62.3 cm³/mol. The lowest BCUT2D eigenvalue weighted by atomic mass is 10.5. The molecule has 0 aliphatic carbocycles. The molecule has 2 rings (SSSR count). The van der Waals surface area contributed by atoms with Crippen LogP contribution in [0.5, 0.6) is 0 Å². The second-order valence-electron chi connectivity index (χ2n) is 2.92. The van der Waals surface area contributed by atoms with Crippen LogP contribution in [0.1, 0.15) is 15.5 Å². The van der Waals surface area contributed by atoms with Crippen molar-refractivity contribution in [3.8, 4) is 0 Å². The predicted octanol–water partition coefficient (Wildman–Crippen LogP) is 2.36. The summed E-state index contributed by atoms with van der Waals surface area (Å²) in [6, 6.07) is 1.72. The molecule has 16 heavy (non-hydrogen) atoms. The fourth-order valence-electron chi connectivity index (χ4n) is 1.06. The maximum atomic E-state index is 10.8. The molecule has 0 fully saturated rings. The molecule has 2 heterocycles. The quantitative estimate of drug-likeness (QED) is 0.852. The van der Waals surface area contributed by atoms with Crippen LogP contribution in [0.25, 0.3) is 0 Å². The minimum atomic E-state index is -0.510. The zero-order chi connectivity index (χ0) is 11.5. The summed E-state index contributed by atoms with van der Waals surface area (Å²) in [5.41, 5.74) is 0. The van der Waals surface area contributed by atoms with Crippen LogP contribution in [0, 0.1) is 6.92 Å². The summed E-state index contributed by atoms with van der Waals surface area (Å²) in [7, 11) is 0. The zero-order valence-corrected chi connectivity index (χ0v) is 9.84. The molecule has 2 aromatic rings. The number of hydrogen-bond donors (Lipinski definition) is 1. The number of aromatic nitrogens is 3. The summed E-state index contributed by atoms with van der Waals surface area (Å²) in [6.45, 7) is 1.79. The molecule has 2 aromatic heterocycles.